The van der Waals surface area contributed by atoms with Gasteiger partial charge in [-0.15, -0.1) is 0 Å². The molecule has 0 saturated heterocycles. The standard InChI is InChI=1S/C18H32N2O/c1-5-8-16-9-11-17(12-10-16)18(19-6-2)15-20(7-3)13-14-21-4/h9-12,18-19H,5-8,13-15H2,1-4H3. The van der Waals surface area contributed by atoms with E-state index in [1.165, 1.54) is 24.0 Å². The van der Waals surface area contributed by atoms with Crippen molar-refractivity contribution in [3.05, 3.63) is 35.4 Å². The van der Waals surface area contributed by atoms with Gasteiger partial charge in [-0.05, 0) is 30.6 Å². The molecule has 1 atom stereocenters. The molecular formula is C18H32N2O. The Labute approximate surface area is 130 Å². The molecule has 0 aliphatic rings. The van der Waals surface area contributed by atoms with E-state index in [1.807, 2.05) is 0 Å². The molecule has 120 valence electrons. The van der Waals surface area contributed by atoms with Crippen LogP contribution in [-0.4, -0.2) is 44.8 Å². The lowest BCUT2D eigenvalue weighted by Gasteiger charge is -2.27. The molecule has 3 nitrogen and oxygen atoms in total. The van der Waals surface area contributed by atoms with Crippen LogP contribution in [0.3, 0.4) is 0 Å². The molecule has 0 fully saturated rings. The molecule has 0 aliphatic heterocycles. The van der Waals surface area contributed by atoms with Crippen LogP contribution in [0.2, 0.25) is 0 Å². The first-order chi connectivity index (χ1) is 10.2. The van der Waals surface area contributed by atoms with Crippen molar-refractivity contribution < 1.29 is 4.74 Å². The quantitative estimate of drug-likeness (QED) is 0.677. The Bertz CT molecular complexity index is 364. The molecule has 1 N–H and O–H groups in total. The number of hydrogen-bond acceptors (Lipinski definition) is 3. The fourth-order valence-electron chi connectivity index (χ4n) is 2.60. The summed E-state index contributed by atoms with van der Waals surface area (Å²) in [5.41, 5.74) is 2.82. The van der Waals surface area contributed by atoms with Crippen molar-refractivity contribution in [2.45, 2.75) is 39.7 Å². The highest BCUT2D eigenvalue weighted by Gasteiger charge is 2.14. The van der Waals surface area contributed by atoms with Gasteiger partial charge in [-0.1, -0.05) is 51.5 Å². The number of nitrogens with zero attached hydrogens (tertiary/aromatic N) is 1. The van der Waals surface area contributed by atoms with E-state index in [4.69, 9.17) is 4.74 Å². The molecule has 0 aromatic heterocycles. The second-order valence-corrected chi connectivity index (χ2v) is 5.49. The third-order valence-electron chi connectivity index (χ3n) is 3.87. The molecule has 21 heavy (non-hydrogen) atoms. The largest absolute Gasteiger partial charge is 0.383 e. The van der Waals surface area contributed by atoms with E-state index in [9.17, 15) is 0 Å². The normalized spacial score (nSPS) is 12.8. The number of hydrogen-bond donors (Lipinski definition) is 1. The molecular weight excluding hydrogens is 260 g/mol. The maximum absolute atomic E-state index is 5.20. The van der Waals surface area contributed by atoms with Crippen molar-refractivity contribution in [3.8, 4) is 0 Å². The summed E-state index contributed by atoms with van der Waals surface area (Å²) in [5, 5.41) is 3.61. The van der Waals surface area contributed by atoms with E-state index in [2.05, 4.69) is 55.3 Å². The summed E-state index contributed by atoms with van der Waals surface area (Å²) >= 11 is 0. The van der Waals surface area contributed by atoms with E-state index < -0.39 is 0 Å². The highest BCUT2D eigenvalue weighted by atomic mass is 16.5. The zero-order valence-corrected chi connectivity index (χ0v) is 14.2. The molecule has 0 radical (unpaired) electrons. The molecule has 0 spiro atoms. The summed E-state index contributed by atoms with van der Waals surface area (Å²) in [4.78, 5) is 2.44. The number of aryl methyl sites for hydroxylation is 1. The first kappa shape index (κ1) is 18.1. The van der Waals surface area contributed by atoms with Crippen LogP contribution in [0.4, 0.5) is 0 Å². The van der Waals surface area contributed by atoms with E-state index in [-0.39, 0.29) is 0 Å². The lowest BCUT2D eigenvalue weighted by atomic mass is 10.0. The predicted octanol–water partition coefficient (Wildman–Crippen LogP) is 3.26. The summed E-state index contributed by atoms with van der Waals surface area (Å²) in [6.07, 6.45) is 2.37. The Kier molecular flexibility index (Phi) is 9.31. The predicted molar refractivity (Wildman–Crippen MR) is 90.8 cm³/mol. The van der Waals surface area contributed by atoms with Gasteiger partial charge in [0.05, 0.1) is 6.61 Å². The van der Waals surface area contributed by atoms with Gasteiger partial charge in [0.1, 0.15) is 0 Å². The minimum absolute atomic E-state index is 0.391. The van der Waals surface area contributed by atoms with Gasteiger partial charge in [0.25, 0.3) is 0 Å². The van der Waals surface area contributed by atoms with Gasteiger partial charge in [-0.3, -0.25) is 4.90 Å². The van der Waals surface area contributed by atoms with Gasteiger partial charge in [0.2, 0.25) is 0 Å². The Morgan fingerprint density at radius 2 is 1.86 bits per heavy atom. The molecule has 3 heteroatoms. The first-order valence-corrected chi connectivity index (χ1v) is 8.28. The van der Waals surface area contributed by atoms with Crippen molar-refractivity contribution in [2.75, 3.05) is 39.9 Å². The fraction of sp³-hybridized carbons (Fsp3) is 0.667. The molecule has 0 bridgehead atoms. The van der Waals surface area contributed by atoms with E-state index >= 15 is 0 Å². The van der Waals surface area contributed by atoms with Crippen LogP contribution >= 0.6 is 0 Å². The number of nitrogens with one attached hydrogen (secondary N) is 1. The monoisotopic (exact) mass is 292 g/mol. The van der Waals surface area contributed by atoms with Gasteiger partial charge in [-0.25, -0.2) is 0 Å². The third kappa shape index (κ3) is 6.60. The maximum Gasteiger partial charge on any atom is 0.0589 e. The lowest BCUT2D eigenvalue weighted by molar-refractivity contribution is 0.144. The number of likely N-dealkylation sites (N-methyl/N-ethyl adjacent to an activating group) is 2. The second kappa shape index (κ2) is 10.8. The third-order valence-corrected chi connectivity index (χ3v) is 3.87. The lowest BCUT2D eigenvalue weighted by Crippen LogP contribution is -2.37. The molecule has 0 aliphatic carbocycles. The molecule has 0 amide bonds. The second-order valence-electron chi connectivity index (χ2n) is 5.49. The Hall–Kier alpha value is -0.900. The van der Waals surface area contributed by atoms with Crippen LogP contribution in [0.1, 0.15) is 44.4 Å². The van der Waals surface area contributed by atoms with Crippen molar-refractivity contribution in [1.29, 1.82) is 0 Å². The Morgan fingerprint density at radius 3 is 2.38 bits per heavy atom. The summed E-state index contributed by atoms with van der Waals surface area (Å²) in [6, 6.07) is 9.50. The van der Waals surface area contributed by atoms with Crippen molar-refractivity contribution in [1.82, 2.24) is 10.2 Å². The maximum atomic E-state index is 5.20. The van der Waals surface area contributed by atoms with E-state index in [0.717, 1.165) is 32.8 Å². The molecule has 1 rings (SSSR count). The van der Waals surface area contributed by atoms with Gasteiger partial charge < -0.3 is 10.1 Å². The number of rotatable bonds is 11. The van der Waals surface area contributed by atoms with Gasteiger partial charge in [0, 0.05) is 26.2 Å². The minimum atomic E-state index is 0.391. The average Bonchev–Trinajstić information content (AvgIpc) is 2.51. The molecule has 1 aromatic rings. The van der Waals surface area contributed by atoms with Crippen LogP contribution in [0.25, 0.3) is 0 Å². The van der Waals surface area contributed by atoms with Crippen LogP contribution in [0, 0.1) is 0 Å². The van der Waals surface area contributed by atoms with Gasteiger partial charge in [0.15, 0.2) is 0 Å². The SMILES string of the molecule is CCCc1ccc(C(CN(CC)CCOC)NCC)cc1. The summed E-state index contributed by atoms with van der Waals surface area (Å²) in [7, 11) is 1.77. The van der Waals surface area contributed by atoms with Crippen molar-refractivity contribution >= 4 is 0 Å². The number of methoxy groups -OCH3 is 1. The summed E-state index contributed by atoms with van der Waals surface area (Å²) < 4.78 is 5.20. The Balaban J connectivity index is 2.70. The van der Waals surface area contributed by atoms with Crippen LogP contribution in [0.5, 0.6) is 0 Å². The fourth-order valence-corrected chi connectivity index (χ4v) is 2.60. The van der Waals surface area contributed by atoms with E-state index in [1.54, 1.807) is 7.11 Å². The van der Waals surface area contributed by atoms with Crippen molar-refractivity contribution in [3.63, 3.8) is 0 Å². The number of ether oxygens (including phenoxy) is 1. The van der Waals surface area contributed by atoms with Gasteiger partial charge in [-0.2, -0.15) is 0 Å². The highest BCUT2D eigenvalue weighted by Crippen LogP contribution is 2.16. The van der Waals surface area contributed by atoms with Gasteiger partial charge >= 0.3 is 0 Å². The molecule has 1 unspecified atom stereocenters. The van der Waals surface area contributed by atoms with Crippen molar-refractivity contribution in [2.24, 2.45) is 0 Å². The topological polar surface area (TPSA) is 24.5 Å². The molecule has 0 heterocycles. The molecule has 1 aromatic carbocycles. The summed E-state index contributed by atoms with van der Waals surface area (Å²) in [5.74, 6) is 0. The summed E-state index contributed by atoms with van der Waals surface area (Å²) in [6.45, 7) is 11.5. The molecule has 0 saturated carbocycles. The number of benzene rings is 1. The highest BCUT2D eigenvalue weighted by molar-refractivity contribution is 5.25. The minimum Gasteiger partial charge on any atom is -0.383 e. The van der Waals surface area contributed by atoms with Crippen LogP contribution in [-0.2, 0) is 11.2 Å². The zero-order valence-electron chi connectivity index (χ0n) is 14.2. The Morgan fingerprint density at radius 1 is 1.14 bits per heavy atom. The van der Waals surface area contributed by atoms with Crippen LogP contribution in [0.15, 0.2) is 24.3 Å². The first-order valence-electron chi connectivity index (χ1n) is 8.28. The smallest absolute Gasteiger partial charge is 0.0589 e. The van der Waals surface area contributed by atoms with E-state index in [0.29, 0.717) is 6.04 Å². The zero-order chi connectivity index (χ0) is 15.5. The van der Waals surface area contributed by atoms with Crippen LogP contribution < -0.4 is 5.32 Å². The average molecular weight is 292 g/mol.